The topological polar surface area (TPSA) is 83.0 Å². The Morgan fingerprint density at radius 2 is 1.96 bits per heavy atom. The summed E-state index contributed by atoms with van der Waals surface area (Å²) in [5, 5.41) is 6.95. The fourth-order valence-electron chi connectivity index (χ4n) is 2.78. The van der Waals surface area contributed by atoms with Crippen LogP contribution in [0.4, 0.5) is 10.5 Å². The van der Waals surface area contributed by atoms with E-state index in [1.165, 1.54) is 11.5 Å². The molecule has 2 aromatic heterocycles. The van der Waals surface area contributed by atoms with Crippen LogP contribution in [0.1, 0.15) is 0 Å². The van der Waals surface area contributed by atoms with Crippen LogP contribution in [0.3, 0.4) is 0 Å². The maximum absolute atomic E-state index is 12.5. The first-order chi connectivity index (χ1) is 12.8. The number of carbonyl (C=O) groups is 1. The number of anilines is 1. The number of urea groups is 1. The summed E-state index contributed by atoms with van der Waals surface area (Å²) in [6.07, 6.45) is 3.35. The Labute approximate surface area is 155 Å². The van der Waals surface area contributed by atoms with Crippen LogP contribution in [-0.4, -0.2) is 51.5 Å². The van der Waals surface area contributed by atoms with E-state index >= 15 is 0 Å². The van der Waals surface area contributed by atoms with Crippen molar-refractivity contribution in [1.29, 1.82) is 0 Å². The van der Waals surface area contributed by atoms with Gasteiger partial charge >= 0.3 is 6.03 Å². The Bertz CT molecular complexity index is 891. The Balaban J connectivity index is 1.58. The van der Waals surface area contributed by atoms with E-state index in [4.69, 9.17) is 0 Å². The van der Waals surface area contributed by atoms with Gasteiger partial charge < -0.3 is 15.5 Å². The minimum atomic E-state index is -0.117. The van der Waals surface area contributed by atoms with Crippen molar-refractivity contribution in [3.63, 3.8) is 0 Å². The molecule has 0 saturated carbocycles. The predicted octanol–water partition coefficient (Wildman–Crippen LogP) is 2.70. The van der Waals surface area contributed by atoms with Crippen LogP contribution >= 0.6 is 11.5 Å². The van der Waals surface area contributed by atoms with E-state index in [2.05, 4.69) is 25.0 Å². The second kappa shape index (κ2) is 7.59. The highest BCUT2D eigenvalue weighted by molar-refractivity contribution is 7.09. The number of nitrogens with one attached hydrogen (secondary N) is 2. The van der Waals surface area contributed by atoms with E-state index in [0.717, 1.165) is 29.2 Å². The van der Waals surface area contributed by atoms with Gasteiger partial charge in [0, 0.05) is 43.5 Å². The third-order valence-electron chi connectivity index (χ3n) is 4.16. The molecule has 0 atom stereocenters. The van der Waals surface area contributed by atoms with Gasteiger partial charge in [-0.05, 0) is 17.6 Å². The normalized spacial score (nSPS) is 14.2. The zero-order valence-corrected chi connectivity index (χ0v) is 14.9. The summed E-state index contributed by atoms with van der Waals surface area (Å²) < 4.78 is 4.45. The number of aromatic nitrogens is 3. The van der Waals surface area contributed by atoms with E-state index in [-0.39, 0.29) is 6.03 Å². The van der Waals surface area contributed by atoms with Crippen LogP contribution < -0.4 is 10.6 Å². The van der Waals surface area contributed by atoms with Gasteiger partial charge in [-0.1, -0.05) is 30.3 Å². The lowest BCUT2D eigenvalue weighted by Gasteiger charge is -2.27. The molecule has 2 amide bonds. The van der Waals surface area contributed by atoms with Crippen molar-refractivity contribution in [2.24, 2.45) is 0 Å². The molecule has 2 N–H and O–H groups in total. The van der Waals surface area contributed by atoms with Gasteiger partial charge in [0.15, 0.2) is 5.82 Å². The zero-order chi connectivity index (χ0) is 17.8. The van der Waals surface area contributed by atoms with Gasteiger partial charge in [-0.15, -0.1) is 0 Å². The van der Waals surface area contributed by atoms with E-state index in [1.54, 1.807) is 17.3 Å². The number of benzene rings is 1. The number of carbonyl (C=O) groups excluding carboxylic acids is 1. The summed E-state index contributed by atoms with van der Waals surface area (Å²) in [5.74, 6) is 0.682. The average molecular weight is 366 g/mol. The number of rotatable bonds is 3. The van der Waals surface area contributed by atoms with Crippen LogP contribution in [0, 0.1) is 0 Å². The van der Waals surface area contributed by atoms with Gasteiger partial charge in [-0.25, -0.2) is 9.78 Å². The monoisotopic (exact) mass is 366 g/mol. The number of nitrogens with zero attached hydrogens (tertiary/aromatic N) is 4. The lowest BCUT2D eigenvalue weighted by molar-refractivity contribution is 0.204. The minimum Gasteiger partial charge on any atom is -0.322 e. The summed E-state index contributed by atoms with van der Waals surface area (Å²) in [6.45, 7) is 3.01. The maximum Gasteiger partial charge on any atom is 0.321 e. The van der Waals surface area contributed by atoms with Gasteiger partial charge in [-0.2, -0.15) is 4.37 Å². The smallest absolute Gasteiger partial charge is 0.321 e. The van der Waals surface area contributed by atoms with Crippen molar-refractivity contribution in [1.82, 2.24) is 24.6 Å². The molecule has 1 fully saturated rings. The Kier molecular flexibility index (Phi) is 4.85. The molecule has 0 radical (unpaired) electrons. The molecule has 1 aromatic carbocycles. The molecule has 8 heteroatoms. The molecule has 4 rings (SSSR count). The number of piperazine rings is 1. The highest BCUT2D eigenvalue weighted by Gasteiger charge is 2.19. The van der Waals surface area contributed by atoms with Crippen LogP contribution in [0.2, 0.25) is 0 Å². The van der Waals surface area contributed by atoms with Crippen molar-refractivity contribution in [3.8, 4) is 22.0 Å². The van der Waals surface area contributed by atoms with Gasteiger partial charge in [-0.3, -0.25) is 4.98 Å². The molecule has 1 saturated heterocycles. The quantitative estimate of drug-likeness (QED) is 0.745. The molecule has 132 valence electrons. The molecule has 1 aliphatic rings. The molecule has 0 bridgehead atoms. The van der Waals surface area contributed by atoms with E-state index in [0.29, 0.717) is 24.6 Å². The average Bonchev–Trinajstić information content (AvgIpc) is 3.20. The highest BCUT2D eigenvalue weighted by Crippen LogP contribution is 2.31. The second-order valence-corrected chi connectivity index (χ2v) is 6.63. The van der Waals surface area contributed by atoms with Gasteiger partial charge in [0.1, 0.15) is 5.01 Å². The standard InChI is InChI=1S/C18H18N6OS/c25-18(24-10-8-19-9-11-24)21-15-12-20-7-6-14(15)17-22-16(23-26-17)13-4-2-1-3-5-13/h1-7,12,19H,8-11H2,(H,21,25). The number of amides is 2. The first-order valence-electron chi connectivity index (χ1n) is 8.41. The van der Waals surface area contributed by atoms with E-state index in [1.807, 2.05) is 36.4 Å². The number of pyridine rings is 1. The van der Waals surface area contributed by atoms with E-state index in [9.17, 15) is 4.79 Å². The maximum atomic E-state index is 12.5. The Morgan fingerprint density at radius 3 is 2.77 bits per heavy atom. The van der Waals surface area contributed by atoms with Crippen molar-refractivity contribution < 1.29 is 4.79 Å². The van der Waals surface area contributed by atoms with Crippen LogP contribution in [0.15, 0.2) is 48.8 Å². The van der Waals surface area contributed by atoms with Crippen LogP contribution in [0.25, 0.3) is 22.0 Å². The lowest BCUT2D eigenvalue weighted by Crippen LogP contribution is -2.48. The summed E-state index contributed by atoms with van der Waals surface area (Å²) in [4.78, 5) is 23.1. The summed E-state index contributed by atoms with van der Waals surface area (Å²) in [5.41, 5.74) is 2.44. The summed E-state index contributed by atoms with van der Waals surface area (Å²) in [7, 11) is 0. The Hall–Kier alpha value is -2.84. The molecule has 1 aliphatic heterocycles. The Morgan fingerprint density at radius 1 is 1.15 bits per heavy atom. The SMILES string of the molecule is O=C(Nc1cnccc1-c1nc(-c2ccccc2)ns1)N1CCNCC1. The first kappa shape index (κ1) is 16.6. The fraction of sp³-hybridized carbons (Fsp3) is 0.222. The van der Waals surface area contributed by atoms with Crippen molar-refractivity contribution in [3.05, 3.63) is 48.8 Å². The van der Waals surface area contributed by atoms with Crippen molar-refractivity contribution in [2.45, 2.75) is 0 Å². The second-order valence-electron chi connectivity index (χ2n) is 5.88. The first-order valence-corrected chi connectivity index (χ1v) is 9.19. The zero-order valence-electron chi connectivity index (χ0n) is 14.1. The van der Waals surface area contributed by atoms with Crippen molar-refractivity contribution in [2.75, 3.05) is 31.5 Å². The van der Waals surface area contributed by atoms with E-state index < -0.39 is 0 Å². The molecule has 3 aromatic rings. The molecule has 0 aliphatic carbocycles. The van der Waals surface area contributed by atoms with Crippen LogP contribution in [-0.2, 0) is 0 Å². The number of hydrogen-bond donors (Lipinski definition) is 2. The molecular weight excluding hydrogens is 348 g/mol. The molecule has 3 heterocycles. The van der Waals surface area contributed by atoms with Gasteiger partial charge in [0.05, 0.1) is 11.9 Å². The molecular formula is C18H18N6OS. The van der Waals surface area contributed by atoms with Crippen LogP contribution in [0.5, 0.6) is 0 Å². The summed E-state index contributed by atoms with van der Waals surface area (Å²) in [6, 6.07) is 11.6. The number of hydrogen-bond acceptors (Lipinski definition) is 6. The lowest BCUT2D eigenvalue weighted by atomic mass is 10.2. The summed E-state index contributed by atoms with van der Waals surface area (Å²) >= 11 is 1.31. The third kappa shape index (κ3) is 3.56. The predicted molar refractivity (Wildman–Crippen MR) is 102 cm³/mol. The van der Waals surface area contributed by atoms with Gasteiger partial charge in [0.25, 0.3) is 0 Å². The molecule has 0 spiro atoms. The molecule has 7 nitrogen and oxygen atoms in total. The molecule has 0 unspecified atom stereocenters. The fourth-order valence-corrected chi connectivity index (χ4v) is 3.50. The highest BCUT2D eigenvalue weighted by atomic mass is 32.1. The largest absolute Gasteiger partial charge is 0.322 e. The van der Waals surface area contributed by atoms with Gasteiger partial charge in [0.2, 0.25) is 0 Å². The third-order valence-corrected chi connectivity index (χ3v) is 4.90. The van der Waals surface area contributed by atoms with Crippen molar-refractivity contribution >= 4 is 23.3 Å². The molecule has 26 heavy (non-hydrogen) atoms. The minimum absolute atomic E-state index is 0.117.